The van der Waals surface area contributed by atoms with E-state index in [1.165, 1.54) is 0 Å². The zero-order chi connectivity index (χ0) is 15.1. The van der Waals surface area contributed by atoms with Gasteiger partial charge in [0.1, 0.15) is 12.4 Å². The summed E-state index contributed by atoms with van der Waals surface area (Å²) >= 11 is 0. The van der Waals surface area contributed by atoms with Crippen LogP contribution in [0.25, 0.3) is 0 Å². The number of nitrogens with one attached hydrogen (secondary N) is 1. The number of hydrogen-bond donors (Lipinski definition) is 1. The molecule has 0 radical (unpaired) electrons. The lowest BCUT2D eigenvalue weighted by atomic mass is 10.0. The van der Waals surface area contributed by atoms with Gasteiger partial charge in [0.25, 0.3) is 5.91 Å². The molecule has 2 rings (SSSR count). The lowest BCUT2D eigenvalue weighted by Gasteiger charge is -2.17. The van der Waals surface area contributed by atoms with E-state index in [-0.39, 0.29) is 11.9 Å². The fraction of sp³-hybridized carbons (Fsp3) is 0.353. The fourth-order valence-electron chi connectivity index (χ4n) is 2.25. The number of carbonyl (C=O) groups is 1. The number of amides is 1. The number of ether oxygens (including phenoxy) is 1. The number of carbonyl (C=O) groups excluding carboxylic acids is 1. The number of rotatable bonds is 7. The summed E-state index contributed by atoms with van der Waals surface area (Å²) < 4.78 is 10.4. The molecule has 1 N–H and O–H groups in total. The van der Waals surface area contributed by atoms with Crippen LogP contribution in [0, 0.1) is 0 Å². The van der Waals surface area contributed by atoms with Gasteiger partial charge < -0.3 is 14.5 Å². The minimum absolute atomic E-state index is 0.000301. The zero-order valence-electron chi connectivity index (χ0n) is 12.5. The predicted molar refractivity (Wildman–Crippen MR) is 81.0 cm³/mol. The molecule has 1 heterocycles. The van der Waals surface area contributed by atoms with E-state index in [0.29, 0.717) is 18.1 Å². The van der Waals surface area contributed by atoms with Crippen molar-refractivity contribution >= 4 is 5.91 Å². The lowest BCUT2D eigenvalue weighted by molar-refractivity contribution is 0.0897. The van der Waals surface area contributed by atoms with Crippen molar-refractivity contribution in [2.75, 3.05) is 7.11 Å². The van der Waals surface area contributed by atoms with Crippen LogP contribution in [0.5, 0.6) is 0 Å². The Balaban J connectivity index is 2.07. The molecule has 0 aliphatic heterocycles. The Labute approximate surface area is 125 Å². The Kier molecular flexibility index (Phi) is 5.58. The van der Waals surface area contributed by atoms with Crippen LogP contribution in [0.4, 0.5) is 0 Å². The molecule has 0 saturated carbocycles. The van der Waals surface area contributed by atoms with Crippen molar-refractivity contribution in [1.29, 1.82) is 0 Å². The van der Waals surface area contributed by atoms with Crippen molar-refractivity contribution in [3.8, 4) is 0 Å². The summed E-state index contributed by atoms with van der Waals surface area (Å²) in [5, 5.41) is 3.03. The topological polar surface area (TPSA) is 51.5 Å². The van der Waals surface area contributed by atoms with Gasteiger partial charge in [-0.2, -0.15) is 0 Å². The Hall–Kier alpha value is -2.07. The van der Waals surface area contributed by atoms with E-state index in [0.717, 1.165) is 18.4 Å². The highest BCUT2D eigenvalue weighted by molar-refractivity contribution is 5.91. The summed E-state index contributed by atoms with van der Waals surface area (Å²) in [6.07, 6.45) is 1.88. The molecule has 1 atom stereocenters. The first-order valence-electron chi connectivity index (χ1n) is 7.18. The summed E-state index contributed by atoms with van der Waals surface area (Å²) in [7, 11) is 1.59. The van der Waals surface area contributed by atoms with Gasteiger partial charge in [-0.25, -0.2) is 0 Å². The molecule has 0 fully saturated rings. The third-order valence-corrected chi connectivity index (χ3v) is 3.26. The zero-order valence-corrected chi connectivity index (χ0v) is 12.5. The first kappa shape index (κ1) is 15.3. The molecule has 1 aromatic heterocycles. The lowest BCUT2D eigenvalue weighted by Crippen LogP contribution is -2.28. The summed E-state index contributed by atoms with van der Waals surface area (Å²) in [6.45, 7) is 2.47. The minimum atomic E-state index is -0.195. The highest BCUT2D eigenvalue weighted by atomic mass is 16.5. The van der Waals surface area contributed by atoms with Gasteiger partial charge in [-0.3, -0.25) is 4.79 Å². The van der Waals surface area contributed by atoms with Crippen LogP contribution in [0.3, 0.4) is 0 Å². The molecule has 4 heteroatoms. The maximum Gasteiger partial charge on any atom is 0.287 e. The predicted octanol–water partition coefficient (Wildman–Crippen LogP) is 3.70. The van der Waals surface area contributed by atoms with Crippen LogP contribution in [-0.2, 0) is 11.3 Å². The second-order valence-electron chi connectivity index (χ2n) is 4.92. The van der Waals surface area contributed by atoms with E-state index in [1.807, 2.05) is 30.3 Å². The summed E-state index contributed by atoms with van der Waals surface area (Å²) in [5.41, 5.74) is 1.11. The van der Waals surface area contributed by atoms with Crippen molar-refractivity contribution in [2.45, 2.75) is 32.4 Å². The van der Waals surface area contributed by atoms with Crippen molar-refractivity contribution < 1.29 is 13.9 Å². The van der Waals surface area contributed by atoms with Gasteiger partial charge in [-0.15, -0.1) is 0 Å². The molecule has 0 saturated heterocycles. The van der Waals surface area contributed by atoms with Gasteiger partial charge in [-0.05, 0) is 24.1 Å². The van der Waals surface area contributed by atoms with E-state index in [1.54, 1.807) is 19.2 Å². The second kappa shape index (κ2) is 7.64. The van der Waals surface area contributed by atoms with E-state index >= 15 is 0 Å². The minimum Gasteiger partial charge on any atom is -0.453 e. The van der Waals surface area contributed by atoms with Crippen LogP contribution < -0.4 is 5.32 Å². The molecule has 0 aliphatic rings. The van der Waals surface area contributed by atoms with Crippen LogP contribution in [-0.4, -0.2) is 13.0 Å². The maximum atomic E-state index is 12.3. The highest BCUT2D eigenvalue weighted by Gasteiger charge is 2.17. The van der Waals surface area contributed by atoms with Gasteiger partial charge in [0, 0.05) is 7.11 Å². The molecule has 2 aromatic rings. The first-order chi connectivity index (χ1) is 10.2. The maximum absolute atomic E-state index is 12.3. The largest absolute Gasteiger partial charge is 0.453 e. The quantitative estimate of drug-likeness (QED) is 0.844. The normalized spacial score (nSPS) is 12.1. The van der Waals surface area contributed by atoms with Crippen LogP contribution >= 0.6 is 0 Å². The second-order valence-corrected chi connectivity index (χ2v) is 4.92. The Morgan fingerprint density at radius 1 is 1.24 bits per heavy atom. The molecule has 0 bridgehead atoms. The number of benzene rings is 1. The smallest absolute Gasteiger partial charge is 0.287 e. The average Bonchev–Trinajstić information content (AvgIpc) is 2.97. The average molecular weight is 287 g/mol. The third-order valence-electron chi connectivity index (χ3n) is 3.26. The molecule has 0 aliphatic carbocycles. The van der Waals surface area contributed by atoms with Crippen LogP contribution in [0.2, 0.25) is 0 Å². The molecule has 0 spiro atoms. The molecular weight excluding hydrogens is 266 g/mol. The molecule has 21 heavy (non-hydrogen) atoms. The Bertz CT molecular complexity index is 562. The van der Waals surface area contributed by atoms with Gasteiger partial charge in [0.2, 0.25) is 0 Å². The van der Waals surface area contributed by atoms with Gasteiger partial charge in [-0.1, -0.05) is 43.7 Å². The number of furan rings is 1. The van der Waals surface area contributed by atoms with Crippen molar-refractivity contribution in [1.82, 2.24) is 5.32 Å². The SMILES string of the molecule is CCC[C@H](NC(=O)c1ccc(COC)o1)c1ccccc1. The standard InChI is InChI=1S/C17H21NO3/c1-3-7-15(13-8-5-4-6-9-13)18-17(19)16-11-10-14(21-16)12-20-2/h4-6,8-11,15H,3,7,12H2,1-2H3,(H,18,19)/t15-/m0/s1. The molecule has 4 nitrogen and oxygen atoms in total. The monoisotopic (exact) mass is 287 g/mol. The van der Waals surface area contributed by atoms with Crippen molar-refractivity contribution in [2.24, 2.45) is 0 Å². The van der Waals surface area contributed by atoms with Gasteiger partial charge >= 0.3 is 0 Å². The molecule has 0 unspecified atom stereocenters. The van der Waals surface area contributed by atoms with Crippen LogP contribution in [0.1, 0.15) is 47.7 Å². The summed E-state index contributed by atoms with van der Waals surface area (Å²) in [6, 6.07) is 13.4. The van der Waals surface area contributed by atoms with Crippen LogP contribution in [0.15, 0.2) is 46.9 Å². The summed E-state index contributed by atoms with van der Waals surface area (Å²) in [4.78, 5) is 12.3. The summed E-state index contributed by atoms with van der Waals surface area (Å²) in [5.74, 6) is 0.771. The molecule has 1 aromatic carbocycles. The fourth-order valence-corrected chi connectivity index (χ4v) is 2.25. The van der Waals surface area contributed by atoms with E-state index in [2.05, 4.69) is 12.2 Å². The van der Waals surface area contributed by atoms with E-state index < -0.39 is 0 Å². The Morgan fingerprint density at radius 3 is 2.67 bits per heavy atom. The van der Waals surface area contributed by atoms with Gasteiger partial charge in [0.15, 0.2) is 5.76 Å². The molecule has 112 valence electrons. The molecular formula is C17H21NO3. The first-order valence-corrected chi connectivity index (χ1v) is 7.18. The number of hydrogen-bond acceptors (Lipinski definition) is 3. The van der Waals surface area contributed by atoms with E-state index in [4.69, 9.17) is 9.15 Å². The van der Waals surface area contributed by atoms with E-state index in [9.17, 15) is 4.79 Å². The van der Waals surface area contributed by atoms with Crippen molar-refractivity contribution in [3.63, 3.8) is 0 Å². The number of methoxy groups -OCH3 is 1. The Morgan fingerprint density at radius 2 is 2.00 bits per heavy atom. The third kappa shape index (κ3) is 4.20. The molecule has 1 amide bonds. The van der Waals surface area contributed by atoms with Gasteiger partial charge in [0.05, 0.1) is 6.04 Å². The highest BCUT2D eigenvalue weighted by Crippen LogP contribution is 2.19. The van der Waals surface area contributed by atoms with Crippen molar-refractivity contribution in [3.05, 3.63) is 59.5 Å².